The SMILES string of the molecule is Cc1nn(C)c(Cl)c1CC(=O)COc1ccccc1. The van der Waals surface area contributed by atoms with Crippen molar-refractivity contribution in [3.8, 4) is 5.75 Å². The highest BCUT2D eigenvalue weighted by Crippen LogP contribution is 2.19. The van der Waals surface area contributed by atoms with Gasteiger partial charge in [-0.25, -0.2) is 0 Å². The fourth-order valence-corrected chi connectivity index (χ4v) is 2.04. The summed E-state index contributed by atoms with van der Waals surface area (Å²) >= 11 is 6.08. The Morgan fingerprint density at radius 3 is 2.63 bits per heavy atom. The predicted octanol–water partition coefficient (Wildman–Crippen LogP) is 2.57. The van der Waals surface area contributed by atoms with E-state index in [1.165, 1.54) is 0 Å². The second-order valence-electron chi connectivity index (χ2n) is 4.30. The van der Waals surface area contributed by atoms with E-state index < -0.39 is 0 Å². The van der Waals surface area contributed by atoms with Crippen molar-refractivity contribution in [2.24, 2.45) is 7.05 Å². The average Bonchev–Trinajstić information content (AvgIpc) is 2.64. The molecule has 0 atom stereocenters. The molecule has 0 aliphatic rings. The van der Waals surface area contributed by atoms with Gasteiger partial charge >= 0.3 is 0 Å². The maximum absolute atomic E-state index is 11.9. The molecule has 2 rings (SSSR count). The normalized spacial score (nSPS) is 10.5. The van der Waals surface area contributed by atoms with Crippen LogP contribution in [-0.4, -0.2) is 22.2 Å². The third kappa shape index (κ3) is 3.35. The minimum atomic E-state index is -0.0261. The van der Waals surface area contributed by atoms with E-state index in [2.05, 4.69) is 5.10 Å². The molecule has 0 bridgehead atoms. The van der Waals surface area contributed by atoms with Gasteiger partial charge in [0, 0.05) is 19.0 Å². The molecule has 0 saturated carbocycles. The Hall–Kier alpha value is -1.81. The van der Waals surface area contributed by atoms with Gasteiger partial charge < -0.3 is 4.74 Å². The summed E-state index contributed by atoms with van der Waals surface area (Å²) in [6, 6.07) is 9.25. The number of aromatic nitrogens is 2. The van der Waals surface area contributed by atoms with Crippen LogP contribution >= 0.6 is 11.6 Å². The van der Waals surface area contributed by atoms with Gasteiger partial charge in [0.05, 0.1) is 5.69 Å². The molecule has 0 radical (unpaired) electrons. The molecule has 0 spiro atoms. The van der Waals surface area contributed by atoms with Crippen molar-refractivity contribution in [1.29, 1.82) is 0 Å². The molecule has 0 aliphatic heterocycles. The quantitative estimate of drug-likeness (QED) is 0.844. The van der Waals surface area contributed by atoms with E-state index in [0.29, 0.717) is 10.9 Å². The standard InChI is InChI=1S/C14H15ClN2O2/c1-10-13(14(15)17(2)16-10)8-11(18)9-19-12-6-4-3-5-7-12/h3-7H,8-9H2,1-2H3. The fraction of sp³-hybridized carbons (Fsp3) is 0.286. The first-order valence-corrected chi connectivity index (χ1v) is 6.33. The van der Waals surface area contributed by atoms with Crippen molar-refractivity contribution in [3.05, 3.63) is 46.7 Å². The molecule has 0 N–H and O–H groups in total. The molecule has 19 heavy (non-hydrogen) atoms. The van der Waals surface area contributed by atoms with Crippen LogP contribution < -0.4 is 4.74 Å². The smallest absolute Gasteiger partial charge is 0.174 e. The minimum absolute atomic E-state index is 0.0261. The molecule has 5 heteroatoms. The lowest BCUT2D eigenvalue weighted by molar-refractivity contribution is -0.120. The molecule has 0 unspecified atom stereocenters. The number of halogens is 1. The summed E-state index contributed by atoms with van der Waals surface area (Å²) in [5.41, 5.74) is 1.55. The van der Waals surface area contributed by atoms with E-state index in [1.54, 1.807) is 11.7 Å². The van der Waals surface area contributed by atoms with Gasteiger partial charge in [-0.2, -0.15) is 5.10 Å². The van der Waals surface area contributed by atoms with Crippen molar-refractivity contribution in [1.82, 2.24) is 9.78 Å². The maximum atomic E-state index is 11.9. The third-order valence-electron chi connectivity index (χ3n) is 2.79. The molecule has 1 aromatic heterocycles. The Kier molecular flexibility index (Phi) is 4.22. The molecule has 1 aromatic carbocycles. The maximum Gasteiger partial charge on any atom is 0.174 e. The van der Waals surface area contributed by atoms with Crippen LogP contribution in [0.2, 0.25) is 5.15 Å². The lowest BCUT2D eigenvalue weighted by Gasteiger charge is -2.05. The second kappa shape index (κ2) is 5.89. The van der Waals surface area contributed by atoms with E-state index in [-0.39, 0.29) is 18.8 Å². The third-order valence-corrected chi connectivity index (χ3v) is 3.26. The molecule has 1 heterocycles. The molecule has 0 saturated heterocycles. The average molecular weight is 279 g/mol. The Balaban J connectivity index is 1.95. The highest BCUT2D eigenvalue weighted by molar-refractivity contribution is 6.30. The lowest BCUT2D eigenvalue weighted by atomic mass is 10.1. The number of Topliss-reactive ketones (excluding diaryl/α,β-unsaturated/α-hetero) is 1. The summed E-state index contributed by atoms with van der Waals surface area (Å²) in [5.74, 6) is 0.659. The number of ether oxygens (including phenoxy) is 1. The minimum Gasteiger partial charge on any atom is -0.486 e. The zero-order chi connectivity index (χ0) is 13.8. The Morgan fingerprint density at radius 1 is 1.37 bits per heavy atom. The summed E-state index contributed by atoms with van der Waals surface area (Å²) < 4.78 is 6.97. The predicted molar refractivity (Wildman–Crippen MR) is 73.6 cm³/mol. The number of hydrogen-bond donors (Lipinski definition) is 0. The van der Waals surface area contributed by atoms with Crippen molar-refractivity contribution < 1.29 is 9.53 Å². The van der Waals surface area contributed by atoms with Crippen LogP contribution in [0.3, 0.4) is 0 Å². The highest BCUT2D eigenvalue weighted by atomic mass is 35.5. The van der Waals surface area contributed by atoms with E-state index in [1.807, 2.05) is 37.3 Å². The topological polar surface area (TPSA) is 44.1 Å². The van der Waals surface area contributed by atoms with Gasteiger partial charge in [-0.05, 0) is 19.1 Å². The number of carbonyl (C=O) groups excluding carboxylic acids is 1. The van der Waals surface area contributed by atoms with Gasteiger partial charge in [-0.3, -0.25) is 9.48 Å². The van der Waals surface area contributed by atoms with Crippen LogP contribution in [0.5, 0.6) is 5.75 Å². The number of carbonyl (C=O) groups is 1. The monoisotopic (exact) mass is 278 g/mol. The number of ketones is 1. The number of hydrogen-bond acceptors (Lipinski definition) is 3. The number of aryl methyl sites for hydroxylation is 2. The fourth-order valence-electron chi connectivity index (χ4n) is 1.80. The second-order valence-corrected chi connectivity index (χ2v) is 4.65. The zero-order valence-electron chi connectivity index (χ0n) is 10.9. The number of rotatable bonds is 5. The molecule has 0 fully saturated rings. The lowest BCUT2D eigenvalue weighted by Crippen LogP contribution is -2.14. The van der Waals surface area contributed by atoms with Gasteiger partial charge in [0.1, 0.15) is 17.5 Å². The summed E-state index contributed by atoms with van der Waals surface area (Å²) in [4.78, 5) is 11.9. The van der Waals surface area contributed by atoms with E-state index in [9.17, 15) is 4.79 Å². The van der Waals surface area contributed by atoms with Crippen LogP contribution in [0.1, 0.15) is 11.3 Å². The molecular weight excluding hydrogens is 264 g/mol. The summed E-state index contributed by atoms with van der Waals surface area (Å²) in [7, 11) is 1.75. The van der Waals surface area contributed by atoms with E-state index in [0.717, 1.165) is 11.3 Å². The first kappa shape index (κ1) is 13.6. The Morgan fingerprint density at radius 2 is 2.05 bits per heavy atom. The summed E-state index contributed by atoms with van der Waals surface area (Å²) in [5, 5.41) is 4.68. The number of para-hydroxylation sites is 1. The Labute approximate surface area is 116 Å². The number of benzene rings is 1. The molecule has 4 nitrogen and oxygen atoms in total. The van der Waals surface area contributed by atoms with Crippen LogP contribution in [0, 0.1) is 6.92 Å². The van der Waals surface area contributed by atoms with Crippen molar-refractivity contribution in [2.45, 2.75) is 13.3 Å². The van der Waals surface area contributed by atoms with E-state index in [4.69, 9.17) is 16.3 Å². The van der Waals surface area contributed by atoms with Crippen molar-refractivity contribution >= 4 is 17.4 Å². The molecule has 100 valence electrons. The Bertz CT molecular complexity index is 579. The highest BCUT2D eigenvalue weighted by Gasteiger charge is 2.15. The first-order chi connectivity index (χ1) is 9.08. The molecule has 0 amide bonds. The van der Waals surface area contributed by atoms with E-state index >= 15 is 0 Å². The van der Waals surface area contributed by atoms with Crippen molar-refractivity contribution in [3.63, 3.8) is 0 Å². The van der Waals surface area contributed by atoms with Crippen molar-refractivity contribution in [2.75, 3.05) is 6.61 Å². The van der Waals surface area contributed by atoms with Crippen LogP contribution in [-0.2, 0) is 18.3 Å². The summed E-state index contributed by atoms with van der Waals surface area (Å²) in [6.45, 7) is 1.88. The van der Waals surface area contributed by atoms with Gasteiger partial charge in [0.25, 0.3) is 0 Å². The van der Waals surface area contributed by atoms with Gasteiger partial charge in [0.15, 0.2) is 5.78 Å². The summed E-state index contributed by atoms with van der Waals surface area (Å²) in [6.07, 6.45) is 0.241. The van der Waals surface area contributed by atoms with Gasteiger partial charge in [0.2, 0.25) is 0 Å². The van der Waals surface area contributed by atoms with Gasteiger partial charge in [-0.15, -0.1) is 0 Å². The first-order valence-electron chi connectivity index (χ1n) is 5.95. The molecule has 0 aliphatic carbocycles. The molecule has 2 aromatic rings. The van der Waals surface area contributed by atoms with Crippen LogP contribution in [0.15, 0.2) is 30.3 Å². The molecular formula is C14H15ClN2O2. The number of nitrogens with zero attached hydrogens (tertiary/aromatic N) is 2. The zero-order valence-corrected chi connectivity index (χ0v) is 11.6. The largest absolute Gasteiger partial charge is 0.486 e. The van der Waals surface area contributed by atoms with Crippen LogP contribution in [0.25, 0.3) is 0 Å². The van der Waals surface area contributed by atoms with Crippen LogP contribution in [0.4, 0.5) is 0 Å². The van der Waals surface area contributed by atoms with Gasteiger partial charge in [-0.1, -0.05) is 29.8 Å².